The molecule has 0 aliphatic carbocycles. The fourth-order valence-corrected chi connectivity index (χ4v) is 1.43. The van der Waals surface area contributed by atoms with Crippen molar-refractivity contribution in [3.8, 4) is 6.07 Å². The third-order valence-electron chi connectivity index (χ3n) is 2.26. The van der Waals surface area contributed by atoms with Crippen LogP contribution in [-0.2, 0) is 6.42 Å². The summed E-state index contributed by atoms with van der Waals surface area (Å²) in [6.07, 6.45) is 0.738. The van der Waals surface area contributed by atoms with Crippen LogP contribution in [0.2, 0.25) is 0 Å². The average molecular weight is 189 g/mol. The highest BCUT2D eigenvalue weighted by Crippen LogP contribution is 2.17. The number of benzene rings is 1. The fourth-order valence-electron chi connectivity index (χ4n) is 1.43. The van der Waals surface area contributed by atoms with E-state index in [0.717, 1.165) is 17.5 Å². The summed E-state index contributed by atoms with van der Waals surface area (Å²) in [7, 11) is 0. The van der Waals surface area contributed by atoms with Crippen molar-refractivity contribution in [1.82, 2.24) is 0 Å². The van der Waals surface area contributed by atoms with Crippen LogP contribution in [-0.4, -0.2) is 11.1 Å². The van der Waals surface area contributed by atoms with Crippen LogP contribution < -0.4 is 0 Å². The monoisotopic (exact) mass is 189 g/mol. The molecule has 0 aliphatic heterocycles. The first-order valence-electron chi connectivity index (χ1n) is 4.37. The lowest BCUT2D eigenvalue weighted by Gasteiger charge is -2.07. The summed E-state index contributed by atoms with van der Waals surface area (Å²) in [6.45, 7) is 3.71. The van der Waals surface area contributed by atoms with Crippen molar-refractivity contribution in [2.75, 3.05) is 0 Å². The van der Waals surface area contributed by atoms with Gasteiger partial charge in [0.2, 0.25) is 0 Å². The molecule has 0 heterocycles. The van der Waals surface area contributed by atoms with Crippen LogP contribution in [0.15, 0.2) is 12.1 Å². The van der Waals surface area contributed by atoms with E-state index in [1.165, 1.54) is 6.07 Å². The molecule has 0 aliphatic rings. The maximum absolute atomic E-state index is 10.8. The van der Waals surface area contributed by atoms with Gasteiger partial charge in [0.1, 0.15) is 0 Å². The third kappa shape index (κ3) is 1.74. The predicted molar refractivity (Wildman–Crippen MR) is 52.2 cm³/mol. The van der Waals surface area contributed by atoms with Gasteiger partial charge in [-0.3, -0.25) is 0 Å². The van der Waals surface area contributed by atoms with Gasteiger partial charge in [-0.1, -0.05) is 6.92 Å². The SMILES string of the molecule is CCc1cc(C#N)cc(C(=O)O)c1C. The lowest BCUT2D eigenvalue weighted by molar-refractivity contribution is 0.0696. The third-order valence-corrected chi connectivity index (χ3v) is 2.26. The first kappa shape index (κ1) is 10.3. The topological polar surface area (TPSA) is 61.1 Å². The van der Waals surface area contributed by atoms with E-state index in [-0.39, 0.29) is 5.56 Å². The van der Waals surface area contributed by atoms with Gasteiger partial charge in [-0.25, -0.2) is 4.79 Å². The van der Waals surface area contributed by atoms with E-state index < -0.39 is 5.97 Å². The van der Waals surface area contributed by atoms with Gasteiger partial charge < -0.3 is 5.11 Å². The van der Waals surface area contributed by atoms with E-state index in [4.69, 9.17) is 10.4 Å². The number of aryl methyl sites for hydroxylation is 1. The molecule has 3 nitrogen and oxygen atoms in total. The van der Waals surface area contributed by atoms with Crippen molar-refractivity contribution in [2.45, 2.75) is 20.3 Å². The maximum Gasteiger partial charge on any atom is 0.336 e. The van der Waals surface area contributed by atoms with Crippen LogP contribution in [0.25, 0.3) is 0 Å². The Morgan fingerprint density at radius 2 is 2.21 bits per heavy atom. The van der Waals surface area contributed by atoms with Crippen LogP contribution >= 0.6 is 0 Å². The summed E-state index contributed by atoms with van der Waals surface area (Å²) in [4.78, 5) is 10.8. The minimum absolute atomic E-state index is 0.223. The van der Waals surface area contributed by atoms with Crippen LogP contribution in [0.3, 0.4) is 0 Å². The number of hydrogen-bond acceptors (Lipinski definition) is 2. The van der Waals surface area contributed by atoms with Crippen molar-refractivity contribution in [3.63, 3.8) is 0 Å². The van der Waals surface area contributed by atoms with E-state index in [0.29, 0.717) is 5.56 Å². The lowest BCUT2D eigenvalue weighted by atomic mass is 9.97. The number of nitriles is 1. The highest BCUT2D eigenvalue weighted by atomic mass is 16.4. The lowest BCUT2D eigenvalue weighted by Crippen LogP contribution is -2.03. The number of nitrogens with zero attached hydrogens (tertiary/aromatic N) is 1. The Morgan fingerprint density at radius 1 is 1.57 bits per heavy atom. The highest BCUT2D eigenvalue weighted by molar-refractivity contribution is 5.90. The smallest absolute Gasteiger partial charge is 0.336 e. The summed E-state index contributed by atoms with van der Waals surface area (Å²) in [6, 6.07) is 5.11. The Morgan fingerprint density at radius 3 is 2.64 bits per heavy atom. The van der Waals surface area contributed by atoms with Gasteiger partial charge in [0.05, 0.1) is 17.2 Å². The average Bonchev–Trinajstić information content (AvgIpc) is 2.17. The van der Waals surface area contributed by atoms with Crippen molar-refractivity contribution in [3.05, 3.63) is 34.4 Å². The second-order valence-electron chi connectivity index (χ2n) is 3.08. The number of aromatic carboxylic acids is 1. The van der Waals surface area contributed by atoms with Crippen molar-refractivity contribution in [2.24, 2.45) is 0 Å². The molecule has 0 spiro atoms. The molecular formula is C11H11NO2. The summed E-state index contributed by atoms with van der Waals surface area (Å²) >= 11 is 0. The Labute approximate surface area is 82.6 Å². The molecule has 1 aromatic rings. The zero-order valence-electron chi connectivity index (χ0n) is 8.16. The molecule has 0 saturated heterocycles. The largest absolute Gasteiger partial charge is 0.478 e. The number of rotatable bonds is 2. The zero-order chi connectivity index (χ0) is 10.7. The second kappa shape index (κ2) is 3.93. The molecule has 0 atom stereocenters. The first-order valence-corrected chi connectivity index (χ1v) is 4.37. The minimum Gasteiger partial charge on any atom is -0.478 e. The molecule has 0 bridgehead atoms. The van der Waals surface area contributed by atoms with Gasteiger partial charge in [0.15, 0.2) is 0 Å². The van der Waals surface area contributed by atoms with Gasteiger partial charge in [0, 0.05) is 0 Å². The maximum atomic E-state index is 10.8. The van der Waals surface area contributed by atoms with Crippen molar-refractivity contribution in [1.29, 1.82) is 5.26 Å². The van der Waals surface area contributed by atoms with Crippen LogP contribution in [0.1, 0.15) is 34.0 Å². The molecule has 0 radical (unpaired) electrons. The van der Waals surface area contributed by atoms with E-state index in [2.05, 4.69) is 0 Å². The van der Waals surface area contributed by atoms with E-state index in [1.807, 2.05) is 13.0 Å². The first-order chi connectivity index (χ1) is 6.60. The minimum atomic E-state index is -0.977. The summed E-state index contributed by atoms with van der Waals surface area (Å²) < 4.78 is 0. The van der Waals surface area contributed by atoms with Crippen molar-refractivity contribution < 1.29 is 9.90 Å². The van der Waals surface area contributed by atoms with Gasteiger partial charge in [0.25, 0.3) is 0 Å². The van der Waals surface area contributed by atoms with Crippen molar-refractivity contribution >= 4 is 5.97 Å². The van der Waals surface area contributed by atoms with Gasteiger partial charge in [-0.05, 0) is 36.6 Å². The standard InChI is InChI=1S/C11H11NO2/c1-3-9-4-8(6-12)5-10(7(9)2)11(13)14/h4-5H,3H2,1-2H3,(H,13,14). The van der Waals surface area contributed by atoms with E-state index in [9.17, 15) is 4.79 Å². The Balaban J connectivity index is 3.44. The van der Waals surface area contributed by atoms with Crippen LogP contribution in [0, 0.1) is 18.3 Å². The fraction of sp³-hybridized carbons (Fsp3) is 0.273. The number of hydrogen-bond donors (Lipinski definition) is 1. The predicted octanol–water partition coefficient (Wildman–Crippen LogP) is 2.13. The summed E-state index contributed by atoms with van der Waals surface area (Å²) in [5, 5.41) is 17.6. The molecule has 1 rings (SSSR count). The summed E-state index contributed by atoms with van der Waals surface area (Å²) in [5.41, 5.74) is 2.30. The molecule has 14 heavy (non-hydrogen) atoms. The van der Waals surface area contributed by atoms with Crippen LogP contribution in [0.4, 0.5) is 0 Å². The summed E-state index contributed by atoms with van der Waals surface area (Å²) in [5.74, 6) is -0.977. The zero-order valence-corrected chi connectivity index (χ0v) is 8.16. The molecule has 0 amide bonds. The quantitative estimate of drug-likeness (QED) is 0.775. The molecule has 0 fully saturated rings. The molecule has 0 saturated carbocycles. The Bertz CT molecular complexity index is 416. The van der Waals surface area contributed by atoms with E-state index >= 15 is 0 Å². The molecule has 1 aromatic carbocycles. The Kier molecular flexibility index (Phi) is 2.88. The molecule has 3 heteroatoms. The highest BCUT2D eigenvalue weighted by Gasteiger charge is 2.11. The second-order valence-corrected chi connectivity index (χ2v) is 3.08. The van der Waals surface area contributed by atoms with Crippen LogP contribution in [0.5, 0.6) is 0 Å². The molecule has 1 N–H and O–H groups in total. The molecule has 72 valence electrons. The molecule has 0 unspecified atom stereocenters. The molecular weight excluding hydrogens is 178 g/mol. The number of carboxylic acid groups (broad SMARTS) is 1. The number of carbonyl (C=O) groups is 1. The van der Waals surface area contributed by atoms with Gasteiger partial charge in [-0.2, -0.15) is 5.26 Å². The normalized spacial score (nSPS) is 9.50. The molecule has 0 aromatic heterocycles. The number of carboxylic acids is 1. The van der Waals surface area contributed by atoms with E-state index in [1.54, 1.807) is 13.0 Å². The van der Waals surface area contributed by atoms with Gasteiger partial charge in [-0.15, -0.1) is 0 Å². The Hall–Kier alpha value is -1.82. The van der Waals surface area contributed by atoms with Gasteiger partial charge >= 0.3 is 5.97 Å².